The van der Waals surface area contributed by atoms with Crippen LogP contribution in [0.4, 0.5) is 4.39 Å². The van der Waals surface area contributed by atoms with E-state index in [1.165, 1.54) is 13.2 Å². The Morgan fingerprint density at radius 2 is 1.78 bits per heavy atom. The van der Waals surface area contributed by atoms with Crippen molar-refractivity contribution in [1.29, 1.82) is 0 Å². The molecule has 0 atom stereocenters. The molecule has 7 nitrogen and oxygen atoms in total. The lowest BCUT2D eigenvalue weighted by molar-refractivity contribution is 0.0593. The maximum absolute atomic E-state index is 14.3. The fraction of sp³-hybridized carbons (Fsp3) is 0.143. The lowest BCUT2D eigenvalue weighted by Gasteiger charge is -2.10. The molecule has 0 radical (unpaired) electrons. The number of nitrogens with zero attached hydrogens (tertiary/aromatic N) is 4. The molecule has 8 heteroatoms. The Kier molecular flexibility index (Phi) is 6.40. The van der Waals surface area contributed by atoms with E-state index in [2.05, 4.69) is 20.0 Å². The summed E-state index contributed by atoms with van der Waals surface area (Å²) in [5.74, 6) is 0.153. The Hall–Kier alpha value is -4.59. The van der Waals surface area contributed by atoms with Gasteiger partial charge in [0.15, 0.2) is 5.69 Å². The van der Waals surface area contributed by atoms with Gasteiger partial charge in [-0.3, -0.25) is 4.68 Å². The number of carbonyl (C=O) groups is 1. The van der Waals surface area contributed by atoms with Gasteiger partial charge in [0.2, 0.25) is 5.82 Å². The van der Waals surface area contributed by atoms with Gasteiger partial charge in [-0.15, -0.1) is 0 Å². The summed E-state index contributed by atoms with van der Waals surface area (Å²) < 4.78 is 26.2. The average molecular weight is 483 g/mol. The predicted octanol–water partition coefficient (Wildman–Crippen LogP) is 5.80. The van der Waals surface area contributed by atoms with E-state index in [0.717, 1.165) is 34.2 Å². The van der Waals surface area contributed by atoms with E-state index in [9.17, 15) is 9.18 Å². The largest absolute Gasteiger partial charge is 0.464 e. The molecule has 0 unspecified atom stereocenters. The van der Waals surface area contributed by atoms with Gasteiger partial charge in [0, 0.05) is 22.9 Å². The van der Waals surface area contributed by atoms with Crippen LogP contribution in [0.1, 0.15) is 28.5 Å². The van der Waals surface area contributed by atoms with E-state index in [1.807, 2.05) is 55.5 Å². The third-order valence-electron chi connectivity index (χ3n) is 5.92. The van der Waals surface area contributed by atoms with Crippen molar-refractivity contribution < 1.29 is 18.4 Å². The number of benzene rings is 3. The molecule has 2 aromatic heterocycles. The Bertz CT molecular complexity index is 1520. The zero-order valence-electron chi connectivity index (χ0n) is 19.8. The molecule has 0 aliphatic rings. The van der Waals surface area contributed by atoms with Gasteiger partial charge in [0.05, 0.1) is 13.7 Å². The minimum atomic E-state index is -0.468. The van der Waals surface area contributed by atoms with Crippen molar-refractivity contribution in [3.63, 3.8) is 0 Å². The standard InChI is InChI=1S/C28H23FN4O3/c1-3-19-16-21(12-13-22(19)23-6-4-5-7-24(23)29)27-30-26(32-36-27)20-10-8-18(9-11-20)17-33-15-14-25(31-33)28(34)35-2/h4-16H,3,17H2,1-2H3. The molecule has 36 heavy (non-hydrogen) atoms. The van der Waals surface area contributed by atoms with Crippen LogP contribution < -0.4 is 0 Å². The quantitative estimate of drug-likeness (QED) is 0.273. The van der Waals surface area contributed by atoms with Crippen LogP contribution in [0.5, 0.6) is 0 Å². The summed E-state index contributed by atoms with van der Waals surface area (Å²) >= 11 is 0. The highest BCUT2D eigenvalue weighted by Gasteiger charge is 2.15. The summed E-state index contributed by atoms with van der Waals surface area (Å²) in [5, 5.41) is 8.36. The summed E-state index contributed by atoms with van der Waals surface area (Å²) in [5.41, 5.74) is 5.27. The minimum Gasteiger partial charge on any atom is -0.464 e. The Morgan fingerprint density at radius 1 is 1.00 bits per heavy atom. The zero-order chi connectivity index (χ0) is 25.1. The van der Waals surface area contributed by atoms with Crippen molar-refractivity contribution >= 4 is 5.97 Å². The highest BCUT2D eigenvalue weighted by molar-refractivity contribution is 5.86. The molecule has 0 bridgehead atoms. The normalized spacial score (nSPS) is 11.0. The van der Waals surface area contributed by atoms with Gasteiger partial charge in [-0.05, 0) is 47.4 Å². The van der Waals surface area contributed by atoms with Gasteiger partial charge >= 0.3 is 5.97 Å². The minimum absolute atomic E-state index is 0.250. The van der Waals surface area contributed by atoms with E-state index < -0.39 is 5.97 Å². The molecule has 2 heterocycles. The lowest BCUT2D eigenvalue weighted by Crippen LogP contribution is -2.05. The number of esters is 1. The number of halogens is 1. The first-order valence-electron chi connectivity index (χ1n) is 11.5. The SMILES string of the molecule is CCc1cc(-c2nc(-c3ccc(Cn4ccc(C(=O)OC)n4)cc3)no2)ccc1-c1ccccc1F. The molecule has 0 saturated heterocycles. The van der Waals surface area contributed by atoms with Crippen LogP contribution >= 0.6 is 0 Å². The molecular formula is C28H23FN4O3. The van der Waals surface area contributed by atoms with Crippen LogP contribution in [0.15, 0.2) is 83.5 Å². The number of hydrogen-bond acceptors (Lipinski definition) is 6. The first-order chi connectivity index (χ1) is 17.6. The second-order valence-electron chi connectivity index (χ2n) is 8.22. The van der Waals surface area contributed by atoms with E-state index in [4.69, 9.17) is 4.52 Å². The van der Waals surface area contributed by atoms with Crippen molar-refractivity contribution in [2.45, 2.75) is 19.9 Å². The molecule has 5 aromatic rings. The average Bonchev–Trinajstić information content (AvgIpc) is 3.59. The van der Waals surface area contributed by atoms with Gasteiger partial charge in [-0.2, -0.15) is 10.1 Å². The highest BCUT2D eigenvalue weighted by Crippen LogP contribution is 2.31. The number of aryl methyl sites for hydroxylation is 1. The van der Waals surface area contributed by atoms with Gasteiger partial charge in [-0.1, -0.05) is 60.6 Å². The maximum Gasteiger partial charge on any atom is 0.358 e. The molecule has 0 N–H and O–H groups in total. The molecule has 0 saturated carbocycles. The highest BCUT2D eigenvalue weighted by atomic mass is 19.1. The van der Waals surface area contributed by atoms with Crippen LogP contribution in [-0.4, -0.2) is 33.0 Å². The zero-order valence-corrected chi connectivity index (χ0v) is 19.8. The Morgan fingerprint density at radius 3 is 2.53 bits per heavy atom. The summed E-state index contributed by atoms with van der Waals surface area (Å²) in [7, 11) is 1.33. The van der Waals surface area contributed by atoms with E-state index in [-0.39, 0.29) is 11.5 Å². The molecule has 5 rings (SSSR count). The number of carbonyl (C=O) groups excluding carboxylic acids is 1. The van der Waals surface area contributed by atoms with Crippen molar-refractivity contribution in [1.82, 2.24) is 19.9 Å². The van der Waals surface area contributed by atoms with Gasteiger partial charge in [-0.25, -0.2) is 9.18 Å². The molecular weight excluding hydrogens is 459 g/mol. The van der Waals surface area contributed by atoms with Gasteiger partial charge in [0.1, 0.15) is 5.82 Å². The van der Waals surface area contributed by atoms with Crippen LogP contribution in [0, 0.1) is 5.82 Å². The van der Waals surface area contributed by atoms with E-state index in [0.29, 0.717) is 23.8 Å². The van der Waals surface area contributed by atoms with E-state index in [1.54, 1.807) is 29.1 Å². The van der Waals surface area contributed by atoms with Gasteiger partial charge in [0.25, 0.3) is 5.89 Å². The third kappa shape index (κ3) is 4.65. The molecule has 180 valence electrons. The van der Waals surface area contributed by atoms with Crippen LogP contribution in [0.25, 0.3) is 34.0 Å². The number of aromatic nitrogens is 4. The maximum atomic E-state index is 14.3. The number of ether oxygens (including phenoxy) is 1. The van der Waals surface area contributed by atoms with Crippen molar-refractivity contribution in [3.8, 4) is 34.0 Å². The van der Waals surface area contributed by atoms with Crippen molar-refractivity contribution in [2.24, 2.45) is 0 Å². The molecule has 0 spiro atoms. The summed E-state index contributed by atoms with van der Waals surface area (Å²) in [4.78, 5) is 16.2. The number of rotatable bonds is 7. The van der Waals surface area contributed by atoms with E-state index >= 15 is 0 Å². The summed E-state index contributed by atoms with van der Waals surface area (Å²) in [6, 6.07) is 21.8. The number of methoxy groups -OCH3 is 1. The third-order valence-corrected chi connectivity index (χ3v) is 5.92. The predicted molar refractivity (Wildman–Crippen MR) is 133 cm³/mol. The smallest absolute Gasteiger partial charge is 0.358 e. The summed E-state index contributed by atoms with van der Waals surface area (Å²) in [6.07, 6.45) is 2.46. The monoisotopic (exact) mass is 482 g/mol. The Labute approximate surface area is 207 Å². The first kappa shape index (κ1) is 23.2. The fourth-order valence-electron chi connectivity index (χ4n) is 4.03. The molecule has 3 aromatic carbocycles. The molecule has 0 aliphatic heterocycles. The summed E-state index contributed by atoms with van der Waals surface area (Å²) in [6.45, 7) is 2.53. The number of hydrogen-bond donors (Lipinski definition) is 0. The molecule has 0 fully saturated rings. The lowest BCUT2D eigenvalue weighted by atomic mass is 9.95. The van der Waals surface area contributed by atoms with Crippen LogP contribution in [-0.2, 0) is 17.7 Å². The van der Waals surface area contributed by atoms with Gasteiger partial charge < -0.3 is 9.26 Å². The van der Waals surface area contributed by atoms with Crippen molar-refractivity contribution in [3.05, 3.63) is 102 Å². The van der Waals surface area contributed by atoms with Crippen LogP contribution in [0.3, 0.4) is 0 Å². The first-order valence-corrected chi connectivity index (χ1v) is 11.5. The fourth-order valence-corrected chi connectivity index (χ4v) is 4.03. The molecule has 0 amide bonds. The topological polar surface area (TPSA) is 83.0 Å². The van der Waals surface area contributed by atoms with Crippen molar-refractivity contribution in [2.75, 3.05) is 7.11 Å². The second kappa shape index (κ2) is 9.95. The molecule has 0 aliphatic carbocycles. The van der Waals surface area contributed by atoms with Crippen LogP contribution in [0.2, 0.25) is 0 Å². The Balaban J connectivity index is 1.34. The second-order valence-corrected chi connectivity index (χ2v) is 8.22.